The zero-order valence-corrected chi connectivity index (χ0v) is 15.4. The van der Waals surface area contributed by atoms with E-state index in [4.69, 9.17) is 21.1 Å². The number of aromatic nitrogens is 2. The van der Waals surface area contributed by atoms with E-state index in [1.807, 2.05) is 30.3 Å². The van der Waals surface area contributed by atoms with Crippen LogP contribution in [0.4, 0.5) is 0 Å². The molecule has 7 heteroatoms. The van der Waals surface area contributed by atoms with Gasteiger partial charge in [-0.1, -0.05) is 29.8 Å². The molecular formula is C20H18ClN3O3. The summed E-state index contributed by atoms with van der Waals surface area (Å²) in [6.07, 6.45) is 1.56. The summed E-state index contributed by atoms with van der Waals surface area (Å²) in [5.74, 6) is 1.09. The van der Waals surface area contributed by atoms with E-state index in [1.54, 1.807) is 37.6 Å². The normalized spacial score (nSPS) is 10.3. The molecule has 0 unspecified atom stereocenters. The molecule has 1 amide bonds. The minimum Gasteiger partial charge on any atom is -0.495 e. The maximum atomic E-state index is 12.6. The zero-order chi connectivity index (χ0) is 19.1. The van der Waals surface area contributed by atoms with Crippen LogP contribution in [0.2, 0.25) is 5.15 Å². The Labute approximate surface area is 162 Å². The maximum Gasteiger partial charge on any atom is 0.253 e. The highest BCUT2D eigenvalue weighted by Crippen LogP contribution is 2.23. The van der Waals surface area contributed by atoms with Crippen LogP contribution in [0.3, 0.4) is 0 Å². The molecule has 2 heterocycles. The Bertz CT molecular complexity index is 902. The summed E-state index contributed by atoms with van der Waals surface area (Å²) >= 11 is 6.01. The molecule has 1 aromatic carbocycles. The number of halogens is 1. The van der Waals surface area contributed by atoms with Gasteiger partial charge in [-0.3, -0.25) is 9.78 Å². The van der Waals surface area contributed by atoms with Crippen LogP contribution < -0.4 is 14.8 Å². The number of rotatable bonds is 7. The number of carbonyl (C=O) groups is 1. The second-order valence-electron chi connectivity index (χ2n) is 5.53. The molecule has 0 aliphatic rings. The molecule has 3 rings (SSSR count). The van der Waals surface area contributed by atoms with E-state index in [-0.39, 0.29) is 11.1 Å². The predicted octanol–water partition coefficient (Wildman–Crippen LogP) is 3.61. The Balaban J connectivity index is 1.68. The fraction of sp³-hybridized carbons (Fsp3) is 0.150. The van der Waals surface area contributed by atoms with Gasteiger partial charge < -0.3 is 14.8 Å². The number of hydrogen-bond donors (Lipinski definition) is 1. The highest BCUT2D eigenvalue weighted by molar-refractivity contribution is 6.29. The van der Waals surface area contributed by atoms with Crippen LogP contribution in [0.25, 0.3) is 11.4 Å². The monoisotopic (exact) mass is 383 g/mol. The molecule has 27 heavy (non-hydrogen) atoms. The van der Waals surface area contributed by atoms with Crippen molar-refractivity contribution in [2.45, 2.75) is 0 Å². The summed E-state index contributed by atoms with van der Waals surface area (Å²) in [4.78, 5) is 21.1. The molecule has 0 aliphatic heterocycles. The lowest BCUT2D eigenvalue weighted by Crippen LogP contribution is -2.28. The molecule has 3 aromatic rings. The van der Waals surface area contributed by atoms with Gasteiger partial charge in [0.2, 0.25) is 0 Å². The van der Waals surface area contributed by atoms with Crippen LogP contribution in [0, 0.1) is 0 Å². The van der Waals surface area contributed by atoms with Gasteiger partial charge in [-0.2, -0.15) is 0 Å². The molecule has 0 aliphatic carbocycles. The first kappa shape index (κ1) is 18.7. The van der Waals surface area contributed by atoms with Crippen LogP contribution in [-0.4, -0.2) is 36.1 Å². The fourth-order valence-electron chi connectivity index (χ4n) is 2.40. The lowest BCUT2D eigenvalue weighted by molar-refractivity contribution is 0.0947. The number of para-hydroxylation sites is 1. The average Bonchev–Trinajstić information content (AvgIpc) is 2.72. The Kier molecular flexibility index (Phi) is 6.22. The first-order valence-corrected chi connectivity index (χ1v) is 8.68. The van der Waals surface area contributed by atoms with Gasteiger partial charge in [-0.25, -0.2) is 4.98 Å². The third-order valence-electron chi connectivity index (χ3n) is 3.72. The topological polar surface area (TPSA) is 73.3 Å². The smallest absolute Gasteiger partial charge is 0.253 e. The number of ether oxygens (including phenoxy) is 2. The quantitative estimate of drug-likeness (QED) is 0.498. The molecule has 0 saturated carbocycles. The molecule has 138 valence electrons. The van der Waals surface area contributed by atoms with Crippen molar-refractivity contribution in [3.8, 4) is 22.9 Å². The molecule has 0 radical (unpaired) electrons. The Morgan fingerprint density at radius 3 is 2.59 bits per heavy atom. The molecule has 0 atom stereocenters. The highest BCUT2D eigenvalue weighted by Gasteiger charge is 2.16. The van der Waals surface area contributed by atoms with Crippen molar-refractivity contribution in [1.29, 1.82) is 0 Å². The van der Waals surface area contributed by atoms with Crippen LogP contribution in [0.5, 0.6) is 11.5 Å². The van der Waals surface area contributed by atoms with E-state index in [2.05, 4.69) is 15.3 Å². The van der Waals surface area contributed by atoms with Gasteiger partial charge in [-0.05, 0) is 36.4 Å². The van der Waals surface area contributed by atoms with Crippen LogP contribution >= 0.6 is 11.6 Å². The number of amides is 1. The lowest BCUT2D eigenvalue weighted by atomic mass is 10.1. The SMILES string of the molecule is COc1ccc(-c2nc(Cl)ccc2C(=O)NCCOc2ccccc2)nc1. The van der Waals surface area contributed by atoms with E-state index in [0.29, 0.717) is 35.9 Å². The predicted molar refractivity (Wildman–Crippen MR) is 103 cm³/mol. The van der Waals surface area contributed by atoms with E-state index >= 15 is 0 Å². The lowest BCUT2D eigenvalue weighted by Gasteiger charge is -2.11. The number of pyridine rings is 2. The number of carbonyl (C=O) groups excluding carboxylic acids is 1. The molecule has 0 spiro atoms. The summed E-state index contributed by atoms with van der Waals surface area (Å²) in [7, 11) is 1.56. The third kappa shape index (κ3) is 4.95. The largest absolute Gasteiger partial charge is 0.495 e. The van der Waals surface area contributed by atoms with Crippen molar-refractivity contribution in [2.24, 2.45) is 0 Å². The van der Waals surface area contributed by atoms with Crippen LogP contribution in [-0.2, 0) is 0 Å². The van der Waals surface area contributed by atoms with Crippen LogP contribution in [0.1, 0.15) is 10.4 Å². The van der Waals surface area contributed by atoms with Crippen molar-refractivity contribution in [1.82, 2.24) is 15.3 Å². The molecular weight excluding hydrogens is 366 g/mol. The van der Waals surface area contributed by atoms with Gasteiger partial charge in [-0.15, -0.1) is 0 Å². The molecule has 0 bridgehead atoms. The number of nitrogens with zero attached hydrogens (tertiary/aromatic N) is 2. The summed E-state index contributed by atoms with van der Waals surface area (Å²) in [5, 5.41) is 3.11. The Hall–Kier alpha value is -3.12. The number of methoxy groups -OCH3 is 1. The van der Waals surface area contributed by atoms with E-state index in [9.17, 15) is 4.79 Å². The standard InChI is InChI=1S/C20H18ClN3O3/c1-26-15-7-9-17(23-13-15)19-16(8-10-18(21)24-19)20(25)22-11-12-27-14-5-3-2-4-6-14/h2-10,13H,11-12H2,1H3,(H,22,25). The van der Waals surface area contributed by atoms with Crippen molar-refractivity contribution in [3.05, 3.63) is 71.5 Å². The zero-order valence-electron chi connectivity index (χ0n) is 14.7. The molecule has 0 fully saturated rings. The Morgan fingerprint density at radius 1 is 1.07 bits per heavy atom. The second-order valence-corrected chi connectivity index (χ2v) is 5.92. The van der Waals surface area contributed by atoms with Gasteiger partial charge in [0.1, 0.15) is 29.0 Å². The first-order valence-electron chi connectivity index (χ1n) is 8.30. The van der Waals surface area contributed by atoms with Gasteiger partial charge in [0.15, 0.2) is 0 Å². The Morgan fingerprint density at radius 2 is 1.89 bits per heavy atom. The van der Waals surface area contributed by atoms with Gasteiger partial charge >= 0.3 is 0 Å². The van der Waals surface area contributed by atoms with Crippen molar-refractivity contribution in [3.63, 3.8) is 0 Å². The third-order valence-corrected chi connectivity index (χ3v) is 3.93. The average molecular weight is 384 g/mol. The number of hydrogen-bond acceptors (Lipinski definition) is 5. The molecule has 1 N–H and O–H groups in total. The van der Waals surface area contributed by atoms with Gasteiger partial charge in [0, 0.05) is 0 Å². The van der Waals surface area contributed by atoms with Crippen LogP contribution in [0.15, 0.2) is 60.8 Å². The van der Waals surface area contributed by atoms with Crippen molar-refractivity contribution >= 4 is 17.5 Å². The highest BCUT2D eigenvalue weighted by atomic mass is 35.5. The van der Waals surface area contributed by atoms with Gasteiger partial charge in [0.05, 0.1) is 31.1 Å². The van der Waals surface area contributed by atoms with Crippen molar-refractivity contribution < 1.29 is 14.3 Å². The fourth-order valence-corrected chi connectivity index (χ4v) is 2.55. The van der Waals surface area contributed by atoms with E-state index < -0.39 is 0 Å². The molecule has 0 saturated heterocycles. The second kappa shape index (κ2) is 9.00. The first-order chi connectivity index (χ1) is 13.2. The minimum atomic E-state index is -0.275. The maximum absolute atomic E-state index is 12.6. The van der Waals surface area contributed by atoms with E-state index in [1.165, 1.54) is 0 Å². The number of benzene rings is 1. The summed E-state index contributed by atoms with van der Waals surface area (Å²) in [6.45, 7) is 0.707. The van der Waals surface area contributed by atoms with Crippen molar-refractivity contribution in [2.75, 3.05) is 20.3 Å². The molecule has 6 nitrogen and oxygen atoms in total. The van der Waals surface area contributed by atoms with E-state index in [0.717, 1.165) is 5.75 Å². The van der Waals surface area contributed by atoms with Gasteiger partial charge in [0.25, 0.3) is 5.91 Å². The number of nitrogens with one attached hydrogen (secondary N) is 1. The molecule has 2 aromatic heterocycles. The summed E-state index contributed by atoms with van der Waals surface area (Å²) < 4.78 is 10.7. The summed E-state index contributed by atoms with van der Waals surface area (Å²) in [6, 6.07) is 16.1. The minimum absolute atomic E-state index is 0.275. The summed E-state index contributed by atoms with van der Waals surface area (Å²) in [5.41, 5.74) is 1.33.